The van der Waals surface area contributed by atoms with Gasteiger partial charge in [-0.1, -0.05) is 11.3 Å². The molecule has 1 saturated heterocycles. The summed E-state index contributed by atoms with van der Waals surface area (Å²) in [6, 6.07) is 1.41. The topological polar surface area (TPSA) is 154 Å². The fourth-order valence-corrected chi connectivity index (χ4v) is 3.49. The predicted octanol–water partition coefficient (Wildman–Crippen LogP) is 1.29. The second-order valence-corrected chi connectivity index (χ2v) is 7.19. The highest BCUT2D eigenvalue weighted by Crippen LogP contribution is 2.29. The molecule has 0 aromatic carbocycles. The van der Waals surface area contributed by atoms with E-state index in [4.69, 9.17) is 14.6 Å². The Hall–Kier alpha value is -3.25. The van der Waals surface area contributed by atoms with Gasteiger partial charge in [0, 0.05) is 31.1 Å². The van der Waals surface area contributed by atoms with Crippen LogP contribution in [0.15, 0.2) is 27.1 Å². The lowest BCUT2D eigenvalue weighted by atomic mass is 10.3. The number of β-amino-alcohol motifs (C(OH)–C–C–N with tert-alkyl or cyclic N) is 1. The molecule has 29 heavy (non-hydrogen) atoms. The van der Waals surface area contributed by atoms with Gasteiger partial charge in [0.1, 0.15) is 0 Å². The molecule has 0 saturated carbocycles. The van der Waals surface area contributed by atoms with E-state index in [-0.39, 0.29) is 16.6 Å². The fraction of sp³-hybridized carbons (Fsp3) is 0.353. The summed E-state index contributed by atoms with van der Waals surface area (Å²) in [5.74, 6) is -0.900. The van der Waals surface area contributed by atoms with Crippen LogP contribution in [-0.2, 0) is 0 Å². The number of methoxy groups -OCH3 is 1. The largest absolute Gasteiger partial charge is 0.488 e. The molecule has 3 rings (SSSR count). The maximum atomic E-state index is 12.6. The molecule has 2 aromatic rings. The molecule has 0 radical (unpaired) electrons. The highest BCUT2D eigenvalue weighted by Gasteiger charge is 2.27. The number of aliphatic hydroxyl groups excluding tert-OH is 1. The summed E-state index contributed by atoms with van der Waals surface area (Å²) in [7, 11) is 1.34. The molecular formula is C17H20N6O5S. The van der Waals surface area contributed by atoms with Gasteiger partial charge in [0.15, 0.2) is 5.76 Å². The molecule has 2 aromatic heterocycles. The zero-order chi connectivity index (χ0) is 21.0. The SMILES string of the molecule is COc1c(N2CC[C@@H](O)C2)cc(C(=O)Nc2nnc(N/C(C)=C\C=N)s2)oc1=O. The number of carbonyl (C=O) groups excluding carboxylic acids is 1. The lowest BCUT2D eigenvalue weighted by Crippen LogP contribution is -2.25. The lowest BCUT2D eigenvalue weighted by Gasteiger charge is -2.20. The molecule has 0 bridgehead atoms. The molecule has 154 valence electrons. The van der Waals surface area contributed by atoms with Crippen molar-refractivity contribution in [2.24, 2.45) is 0 Å². The second kappa shape index (κ2) is 8.84. The van der Waals surface area contributed by atoms with Gasteiger partial charge in [-0.2, -0.15) is 0 Å². The summed E-state index contributed by atoms with van der Waals surface area (Å²) in [4.78, 5) is 26.6. The highest BCUT2D eigenvalue weighted by atomic mass is 32.1. The quantitative estimate of drug-likeness (QED) is 0.485. The van der Waals surface area contributed by atoms with Gasteiger partial charge in [-0.05, 0) is 19.4 Å². The second-order valence-electron chi connectivity index (χ2n) is 6.21. The fourth-order valence-electron chi connectivity index (χ4n) is 2.78. The standard InChI is InChI=1S/C17H20N6O5S/c1-9(3-5-18)19-16-21-22-17(29-16)20-14(25)12-7-11(13(27-2)15(26)28-12)23-6-4-10(24)8-23/h3,5,7,10,18,24H,4,6,8H2,1-2H3,(H,19,21)(H,20,22,25)/b9-3-,18-5?/t10-/m1/s1. The third-order valence-electron chi connectivity index (χ3n) is 4.10. The Balaban J connectivity index is 1.80. The number of nitrogens with zero attached hydrogens (tertiary/aromatic N) is 3. The number of ether oxygens (including phenoxy) is 1. The van der Waals surface area contributed by atoms with E-state index in [1.807, 2.05) is 0 Å². The van der Waals surface area contributed by atoms with Crippen LogP contribution in [0, 0.1) is 5.41 Å². The van der Waals surface area contributed by atoms with Crippen molar-refractivity contribution < 1.29 is 19.1 Å². The van der Waals surface area contributed by atoms with Crippen molar-refractivity contribution in [2.75, 3.05) is 35.7 Å². The molecule has 3 heterocycles. The molecule has 1 aliphatic heterocycles. The van der Waals surface area contributed by atoms with Crippen LogP contribution in [0.5, 0.6) is 5.75 Å². The number of aromatic nitrogens is 2. The van der Waals surface area contributed by atoms with Crippen LogP contribution >= 0.6 is 11.3 Å². The Bertz CT molecular complexity index is 1000. The minimum Gasteiger partial charge on any atom is -0.488 e. The Kier molecular flexibility index (Phi) is 6.24. The maximum Gasteiger partial charge on any atom is 0.381 e. The van der Waals surface area contributed by atoms with E-state index in [0.717, 1.165) is 17.6 Å². The number of amides is 1. The molecule has 4 N–H and O–H groups in total. The summed E-state index contributed by atoms with van der Waals surface area (Å²) in [6.45, 7) is 2.61. The van der Waals surface area contributed by atoms with Gasteiger partial charge in [0.05, 0.1) is 18.9 Å². The van der Waals surface area contributed by atoms with Gasteiger partial charge in [0.25, 0.3) is 5.91 Å². The average molecular weight is 420 g/mol. The van der Waals surface area contributed by atoms with Crippen molar-refractivity contribution in [1.29, 1.82) is 5.41 Å². The van der Waals surface area contributed by atoms with Crippen molar-refractivity contribution in [2.45, 2.75) is 19.4 Å². The molecule has 1 fully saturated rings. The smallest absolute Gasteiger partial charge is 0.381 e. The minimum absolute atomic E-state index is 0.0217. The van der Waals surface area contributed by atoms with Crippen molar-refractivity contribution in [3.8, 4) is 5.75 Å². The van der Waals surface area contributed by atoms with Crippen molar-refractivity contribution in [3.63, 3.8) is 0 Å². The number of allylic oxidation sites excluding steroid dienone is 2. The van der Waals surface area contributed by atoms with Crippen LogP contribution in [0.25, 0.3) is 0 Å². The summed E-state index contributed by atoms with van der Waals surface area (Å²) in [5, 5.41) is 30.7. The molecule has 1 aliphatic rings. The summed E-state index contributed by atoms with van der Waals surface area (Å²) < 4.78 is 10.2. The lowest BCUT2D eigenvalue weighted by molar-refractivity contribution is 0.0991. The Labute approximate surface area is 169 Å². The van der Waals surface area contributed by atoms with E-state index >= 15 is 0 Å². The van der Waals surface area contributed by atoms with E-state index in [0.29, 0.717) is 36.0 Å². The number of hydrogen-bond acceptors (Lipinski definition) is 11. The number of carbonyl (C=O) groups is 1. The average Bonchev–Trinajstić information content (AvgIpc) is 3.30. The summed E-state index contributed by atoms with van der Waals surface area (Å²) >= 11 is 1.08. The molecule has 0 unspecified atom stereocenters. The van der Waals surface area contributed by atoms with E-state index in [1.165, 1.54) is 13.2 Å². The van der Waals surface area contributed by atoms with E-state index < -0.39 is 17.6 Å². The maximum absolute atomic E-state index is 12.6. The Morgan fingerprint density at radius 1 is 1.45 bits per heavy atom. The van der Waals surface area contributed by atoms with Gasteiger partial charge in [-0.3, -0.25) is 10.1 Å². The first-order valence-corrected chi connectivity index (χ1v) is 9.47. The first kappa shape index (κ1) is 20.5. The number of nitrogens with one attached hydrogen (secondary N) is 3. The monoisotopic (exact) mass is 420 g/mol. The van der Waals surface area contributed by atoms with Crippen LogP contribution < -0.4 is 25.9 Å². The molecule has 12 heteroatoms. The molecule has 1 amide bonds. The minimum atomic E-state index is -0.788. The normalized spacial score (nSPS) is 16.6. The molecule has 0 aliphatic carbocycles. The molecule has 0 spiro atoms. The first-order valence-electron chi connectivity index (χ1n) is 8.65. The van der Waals surface area contributed by atoms with Crippen molar-refractivity contribution >= 4 is 39.4 Å². The van der Waals surface area contributed by atoms with Crippen molar-refractivity contribution in [3.05, 3.63) is 34.0 Å². The van der Waals surface area contributed by atoms with Gasteiger partial charge in [-0.15, -0.1) is 10.2 Å². The van der Waals surface area contributed by atoms with Crippen LogP contribution in [0.4, 0.5) is 16.0 Å². The predicted molar refractivity (Wildman–Crippen MR) is 108 cm³/mol. The van der Waals surface area contributed by atoms with Gasteiger partial charge in [0.2, 0.25) is 16.0 Å². The van der Waals surface area contributed by atoms with Crippen LogP contribution in [0.2, 0.25) is 0 Å². The van der Waals surface area contributed by atoms with Crippen LogP contribution in [-0.4, -0.2) is 53.7 Å². The summed E-state index contributed by atoms with van der Waals surface area (Å²) in [6.07, 6.45) is 2.72. The van der Waals surface area contributed by atoms with E-state index in [2.05, 4.69) is 20.8 Å². The van der Waals surface area contributed by atoms with Gasteiger partial charge >= 0.3 is 5.63 Å². The van der Waals surface area contributed by atoms with E-state index in [9.17, 15) is 14.7 Å². The zero-order valence-electron chi connectivity index (χ0n) is 15.8. The third-order valence-corrected chi connectivity index (χ3v) is 4.86. The number of rotatable bonds is 7. The van der Waals surface area contributed by atoms with Gasteiger partial charge < -0.3 is 29.9 Å². The molecular weight excluding hydrogens is 400 g/mol. The summed E-state index contributed by atoms with van der Waals surface area (Å²) in [5.41, 5.74) is 0.286. The van der Waals surface area contributed by atoms with Crippen LogP contribution in [0.3, 0.4) is 0 Å². The van der Waals surface area contributed by atoms with E-state index in [1.54, 1.807) is 17.9 Å². The van der Waals surface area contributed by atoms with Gasteiger partial charge in [-0.25, -0.2) is 4.79 Å². The Morgan fingerprint density at radius 3 is 2.79 bits per heavy atom. The molecule has 11 nitrogen and oxygen atoms in total. The first-order chi connectivity index (χ1) is 13.9. The van der Waals surface area contributed by atoms with Crippen LogP contribution in [0.1, 0.15) is 23.9 Å². The highest BCUT2D eigenvalue weighted by molar-refractivity contribution is 7.19. The Morgan fingerprint density at radius 2 is 2.17 bits per heavy atom. The van der Waals surface area contributed by atoms with Crippen molar-refractivity contribution in [1.82, 2.24) is 10.2 Å². The number of hydrogen-bond donors (Lipinski definition) is 4. The molecule has 1 atom stereocenters. The third kappa shape index (κ3) is 4.78. The number of aliphatic hydroxyl groups is 1. The zero-order valence-corrected chi connectivity index (χ0v) is 16.6. The number of anilines is 3.